The highest BCUT2D eigenvalue weighted by Crippen LogP contribution is 2.23. The number of carbonyl (C=O) groups is 1. The van der Waals surface area contributed by atoms with Crippen LogP contribution in [0.2, 0.25) is 0 Å². The molecule has 0 radical (unpaired) electrons. The van der Waals surface area contributed by atoms with Crippen LogP contribution in [0, 0.1) is 6.92 Å². The molecule has 3 rings (SSSR count). The monoisotopic (exact) mass is 431 g/mol. The second-order valence-electron chi connectivity index (χ2n) is 5.65. The summed E-state index contributed by atoms with van der Waals surface area (Å²) in [6.07, 6.45) is 0.867. The van der Waals surface area contributed by atoms with Crippen LogP contribution in [0.15, 0.2) is 52.1 Å². The number of tetrazole rings is 1. The Bertz CT molecular complexity index is 910. The third-order valence-corrected chi connectivity index (χ3v) is 5.30. The third-order valence-electron chi connectivity index (χ3n) is 3.85. The molecule has 3 aromatic rings. The number of hydrogen-bond donors (Lipinski definition) is 1. The van der Waals surface area contributed by atoms with E-state index in [-0.39, 0.29) is 11.7 Å². The van der Waals surface area contributed by atoms with Gasteiger partial charge >= 0.3 is 0 Å². The highest BCUT2D eigenvalue weighted by Gasteiger charge is 2.13. The summed E-state index contributed by atoms with van der Waals surface area (Å²) in [5.74, 6) is 0.151. The minimum Gasteiger partial charge on any atom is -0.325 e. The number of aryl methyl sites for hydroxylation is 2. The van der Waals surface area contributed by atoms with Crippen LogP contribution in [0.1, 0.15) is 18.1 Å². The van der Waals surface area contributed by atoms with Crippen molar-refractivity contribution in [3.8, 4) is 5.69 Å². The number of nitrogens with one attached hydrogen (secondary N) is 1. The Balaban J connectivity index is 1.68. The minimum absolute atomic E-state index is 0.0793. The number of thioether (sulfide) groups is 1. The maximum Gasteiger partial charge on any atom is 0.234 e. The molecule has 0 saturated carbocycles. The van der Waals surface area contributed by atoms with Crippen LogP contribution < -0.4 is 5.32 Å². The number of nitrogens with zero attached hydrogens (tertiary/aromatic N) is 4. The van der Waals surface area contributed by atoms with Crippen LogP contribution in [-0.4, -0.2) is 31.9 Å². The van der Waals surface area contributed by atoms with E-state index in [9.17, 15) is 4.79 Å². The molecule has 0 aliphatic carbocycles. The van der Waals surface area contributed by atoms with Crippen LogP contribution in [0.3, 0.4) is 0 Å². The molecule has 134 valence electrons. The van der Waals surface area contributed by atoms with Crippen molar-refractivity contribution in [3.05, 3.63) is 58.1 Å². The van der Waals surface area contributed by atoms with Gasteiger partial charge in [0, 0.05) is 10.2 Å². The molecule has 2 aromatic carbocycles. The molecule has 8 heteroatoms. The summed E-state index contributed by atoms with van der Waals surface area (Å²) in [5, 5.41) is 15.3. The first-order valence-electron chi connectivity index (χ1n) is 8.14. The van der Waals surface area contributed by atoms with Crippen LogP contribution in [-0.2, 0) is 11.2 Å². The third kappa shape index (κ3) is 4.31. The van der Waals surface area contributed by atoms with Gasteiger partial charge in [-0.25, -0.2) is 0 Å². The number of carbonyl (C=O) groups excluding carboxylic acids is 1. The lowest BCUT2D eigenvalue weighted by atomic mass is 10.1. The number of rotatable bonds is 6. The van der Waals surface area contributed by atoms with Crippen molar-refractivity contribution in [1.82, 2.24) is 20.2 Å². The number of halogens is 1. The summed E-state index contributed by atoms with van der Waals surface area (Å²) in [7, 11) is 0. The summed E-state index contributed by atoms with van der Waals surface area (Å²) >= 11 is 4.71. The molecule has 0 unspecified atom stereocenters. The van der Waals surface area contributed by atoms with E-state index in [2.05, 4.69) is 43.7 Å². The van der Waals surface area contributed by atoms with Crippen molar-refractivity contribution in [2.75, 3.05) is 11.1 Å². The summed E-state index contributed by atoms with van der Waals surface area (Å²) in [4.78, 5) is 12.4. The van der Waals surface area contributed by atoms with Crippen molar-refractivity contribution in [1.29, 1.82) is 0 Å². The van der Waals surface area contributed by atoms with Gasteiger partial charge in [-0.05, 0) is 59.2 Å². The Morgan fingerprint density at radius 3 is 2.73 bits per heavy atom. The molecule has 1 amide bonds. The van der Waals surface area contributed by atoms with Crippen molar-refractivity contribution < 1.29 is 4.79 Å². The van der Waals surface area contributed by atoms with Crippen LogP contribution in [0.5, 0.6) is 0 Å². The molecule has 0 aliphatic rings. The number of anilines is 1. The molecule has 26 heavy (non-hydrogen) atoms. The Morgan fingerprint density at radius 2 is 2.00 bits per heavy atom. The van der Waals surface area contributed by atoms with Gasteiger partial charge in [0.25, 0.3) is 0 Å². The molecule has 0 bridgehead atoms. The van der Waals surface area contributed by atoms with Crippen LogP contribution in [0.25, 0.3) is 5.69 Å². The van der Waals surface area contributed by atoms with Gasteiger partial charge in [0.05, 0.1) is 11.4 Å². The van der Waals surface area contributed by atoms with E-state index in [4.69, 9.17) is 0 Å². The molecule has 1 N–H and O–H groups in total. The van der Waals surface area contributed by atoms with Gasteiger partial charge in [-0.1, -0.05) is 52.8 Å². The smallest absolute Gasteiger partial charge is 0.234 e. The molecule has 6 nitrogen and oxygen atoms in total. The topological polar surface area (TPSA) is 72.7 Å². The van der Waals surface area contributed by atoms with Crippen molar-refractivity contribution in [2.45, 2.75) is 25.4 Å². The standard InChI is InChI=1S/C18H18BrN5OS/c1-3-13-6-4-5-12(2)17(13)20-16(25)11-26-18-21-22-23-24(18)15-9-7-14(19)8-10-15/h4-10H,3,11H2,1-2H3,(H,20,25). The highest BCUT2D eigenvalue weighted by atomic mass is 79.9. The van der Waals surface area contributed by atoms with Crippen LogP contribution in [0.4, 0.5) is 5.69 Å². The number of benzene rings is 2. The van der Waals surface area contributed by atoms with Gasteiger partial charge < -0.3 is 5.32 Å². The maximum absolute atomic E-state index is 12.4. The van der Waals surface area contributed by atoms with Gasteiger partial charge in [0.15, 0.2) is 0 Å². The highest BCUT2D eigenvalue weighted by molar-refractivity contribution is 9.10. The molecule has 0 spiro atoms. The quantitative estimate of drug-likeness (QED) is 0.596. The summed E-state index contributed by atoms with van der Waals surface area (Å²) < 4.78 is 2.60. The fraction of sp³-hybridized carbons (Fsp3) is 0.222. The number of amides is 1. The van der Waals surface area contributed by atoms with Gasteiger partial charge in [0.1, 0.15) is 0 Å². The molecular weight excluding hydrogens is 414 g/mol. The van der Waals surface area contributed by atoms with Gasteiger partial charge in [-0.3, -0.25) is 4.79 Å². The Hall–Kier alpha value is -2.19. The van der Waals surface area contributed by atoms with E-state index in [1.165, 1.54) is 11.8 Å². The summed E-state index contributed by atoms with van der Waals surface area (Å²) in [6.45, 7) is 4.07. The van der Waals surface area contributed by atoms with E-state index in [1.807, 2.05) is 49.4 Å². The SMILES string of the molecule is CCc1cccc(C)c1NC(=O)CSc1nnnn1-c1ccc(Br)cc1. The lowest BCUT2D eigenvalue weighted by molar-refractivity contribution is -0.113. The van der Waals surface area contributed by atoms with E-state index >= 15 is 0 Å². The second-order valence-corrected chi connectivity index (χ2v) is 7.51. The predicted molar refractivity (Wildman–Crippen MR) is 107 cm³/mol. The van der Waals surface area contributed by atoms with Crippen molar-refractivity contribution in [2.24, 2.45) is 0 Å². The van der Waals surface area contributed by atoms with E-state index in [1.54, 1.807) is 4.68 Å². The average molecular weight is 432 g/mol. The molecular formula is C18H18BrN5OS. The number of para-hydroxylation sites is 1. The molecule has 1 heterocycles. The van der Waals surface area contributed by atoms with E-state index < -0.39 is 0 Å². The molecule has 0 saturated heterocycles. The van der Waals surface area contributed by atoms with Crippen molar-refractivity contribution >= 4 is 39.3 Å². The summed E-state index contributed by atoms with van der Waals surface area (Å²) in [6, 6.07) is 13.7. The Labute approximate surface area is 164 Å². The van der Waals surface area contributed by atoms with Crippen molar-refractivity contribution in [3.63, 3.8) is 0 Å². The normalized spacial score (nSPS) is 10.7. The fourth-order valence-electron chi connectivity index (χ4n) is 2.52. The van der Waals surface area contributed by atoms with Gasteiger partial charge in [-0.15, -0.1) is 5.10 Å². The van der Waals surface area contributed by atoms with Gasteiger partial charge in [0.2, 0.25) is 11.1 Å². The van der Waals surface area contributed by atoms with Crippen LogP contribution >= 0.6 is 27.7 Å². The zero-order chi connectivity index (χ0) is 18.5. The molecule has 0 fully saturated rings. The fourth-order valence-corrected chi connectivity index (χ4v) is 3.48. The first-order chi connectivity index (χ1) is 12.6. The predicted octanol–water partition coefficient (Wildman–Crippen LogP) is 4.03. The van der Waals surface area contributed by atoms with E-state index in [0.717, 1.165) is 33.4 Å². The first-order valence-corrected chi connectivity index (χ1v) is 9.91. The number of aromatic nitrogens is 4. The molecule has 1 aromatic heterocycles. The lowest BCUT2D eigenvalue weighted by Crippen LogP contribution is -2.16. The zero-order valence-electron chi connectivity index (χ0n) is 14.4. The zero-order valence-corrected chi connectivity index (χ0v) is 16.8. The molecule has 0 aliphatic heterocycles. The molecule has 0 atom stereocenters. The lowest BCUT2D eigenvalue weighted by Gasteiger charge is -2.12. The second kappa shape index (κ2) is 8.46. The minimum atomic E-state index is -0.0793. The first kappa shape index (κ1) is 18.6. The summed E-state index contributed by atoms with van der Waals surface area (Å²) in [5.41, 5.74) is 3.92. The van der Waals surface area contributed by atoms with E-state index in [0.29, 0.717) is 5.16 Å². The Kier molecular flexibility index (Phi) is 6.05. The average Bonchev–Trinajstić information content (AvgIpc) is 3.11. The number of hydrogen-bond acceptors (Lipinski definition) is 5. The largest absolute Gasteiger partial charge is 0.325 e. The van der Waals surface area contributed by atoms with Gasteiger partial charge in [-0.2, -0.15) is 4.68 Å². The Morgan fingerprint density at radius 1 is 1.23 bits per heavy atom. The maximum atomic E-state index is 12.4.